The lowest BCUT2D eigenvalue weighted by atomic mass is 10.1. The zero-order chi connectivity index (χ0) is 8.27. The van der Waals surface area contributed by atoms with Gasteiger partial charge in [-0.1, -0.05) is 0 Å². The molecule has 1 aliphatic rings. The third kappa shape index (κ3) is 2.16. The largest absolute Gasteiger partial charge is 0.480 e. The number of aliphatic carboxylic acids is 1. The van der Waals surface area contributed by atoms with E-state index >= 15 is 0 Å². The molecule has 1 rings (SSSR count). The average molecular weight is 154 g/mol. The fraction of sp³-hybridized carbons (Fsp3) is 0.429. The van der Waals surface area contributed by atoms with Crippen LogP contribution in [0.3, 0.4) is 0 Å². The predicted molar refractivity (Wildman–Crippen MR) is 41.4 cm³/mol. The molecule has 0 radical (unpaired) electrons. The van der Waals surface area contributed by atoms with Gasteiger partial charge in [-0.25, -0.2) is 0 Å². The molecule has 0 aromatic heterocycles. The number of carbonyl (C=O) groups is 1. The van der Waals surface area contributed by atoms with Gasteiger partial charge in [-0.05, 0) is 12.0 Å². The normalized spacial score (nSPS) is 18.1. The summed E-state index contributed by atoms with van der Waals surface area (Å²) in [6, 6.07) is -0.789. The first-order valence-electron chi connectivity index (χ1n) is 3.38. The summed E-state index contributed by atoms with van der Waals surface area (Å²) in [7, 11) is 0. The van der Waals surface area contributed by atoms with E-state index in [1.54, 1.807) is 12.4 Å². The lowest BCUT2D eigenvalue weighted by Gasteiger charge is -2.04. The van der Waals surface area contributed by atoms with Crippen molar-refractivity contribution in [3.63, 3.8) is 0 Å². The first-order valence-corrected chi connectivity index (χ1v) is 3.38. The highest BCUT2D eigenvalue weighted by molar-refractivity contribution is 5.74. The Hall–Kier alpha value is -1.16. The van der Waals surface area contributed by atoms with E-state index in [9.17, 15) is 4.79 Å². The van der Waals surface area contributed by atoms with Gasteiger partial charge >= 0.3 is 5.97 Å². The van der Waals surface area contributed by atoms with E-state index in [0.29, 0.717) is 6.42 Å². The zero-order valence-corrected chi connectivity index (χ0v) is 6.03. The van der Waals surface area contributed by atoms with Gasteiger partial charge in [0.1, 0.15) is 6.04 Å². The minimum absolute atomic E-state index is 0.398. The number of aliphatic imine (C=N–C) groups is 1. The van der Waals surface area contributed by atoms with Crippen molar-refractivity contribution in [1.29, 1.82) is 0 Å². The molecule has 0 aliphatic carbocycles. The molecule has 4 heteroatoms. The van der Waals surface area contributed by atoms with Crippen molar-refractivity contribution in [3.05, 3.63) is 11.8 Å². The first-order chi connectivity index (χ1) is 5.20. The van der Waals surface area contributed by atoms with Gasteiger partial charge in [0.2, 0.25) is 0 Å². The molecule has 0 spiro atoms. The standard InChI is InChI=1S/C7H10N2O2/c8-6(7(10)11)3-5-1-2-9-4-5/h2,4,6H,1,3,8H2,(H,10,11). The highest BCUT2D eigenvalue weighted by Crippen LogP contribution is 2.12. The zero-order valence-electron chi connectivity index (χ0n) is 6.03. The van der Waals surface area contributed by atoms with E-state index in [0.717, 1.165) is 12.0 Å². The van der Waals surface area contributed by atoms with E-state index in [-0.39, 0.29) is 0 Å². The van der Waals surface area contributed by atoms with Gasteiger partial charge in [0.05, 0.1) is 0 Å². The number of carboxylic acids is 1. The lowest BCUT2D eigenvalue weighted by molar-refractivity contribution is -0.138. The number of hydrogen-bond acceptors (Lipinski definition) is 3. The molecule has 3 N–H and O–H groups in total. The van der Waals surface area contributed by atoms with Gasteiger partial charge in [0, 0.05) is 18.8 Å². The van der Waals surface area contributed by atoms with Crippen molar-refractivity contribution in [1.82, 2.24) is 0 Å². The number of carboxylic acid groups (broad SMARTS) is 1. The van der Waals surface area contributed by atoms with Crippen LogP contribution in [0.5, 0.6) is 0 Å². The van der Waals surface area contributed by atoms with Crippen molar-refractivity contribution >= 4 is 12.2 Å². The highest BCUT2D eigenvalue weighted by atomic mass is 16.4. The molecule has 1 heterocycles. The molecule has 0 bridgehead atoms. The maximum Gasteiger partial charge on any atom is 0.320 e. The molecule has 1 atom stereocenters. The highest BCUT2D eigenvalue weighted by Gasteiger charge is 2.13. The Morgan fingerprint density at radius 2 is 2.64 bits per heavy atom. The molecule has 11 heavy (non-hydrogen) atoms. The lowest BCUT2D eigenvalue weighted by Crippen LogP contribution is -2.30. The third-order valence-corrected chi connectivity index (χ3v) is 1.52. The minimum Gasteiger partial charge on any atom is -0.480 e. The molecular weight excluding hydrogens is 144 g/mol. The van der Waals surface area contributed by atoms with Crippen molar-refractivity contribution in [3.8, 4) is 0 Å². The van der Waals surface area contributed by atoms with Gasteiger partial charge in [0.25, 0.3) is 0 Å². The molecule has 1 aliphatic heterocycles. The number of nitrogens with zero attached hydrogens (tertiary/aromatic N) is 1. The van der Waals surface area contributed by atoms with Crippen LogP contribution in [-0.2, 0) is 4.79 Å². The van der Waals surface area contributed by atoms with Crippen LogP contribution in [0, 0.1) is 0 Å². The molecule has 0 amide bonds. The Morgan fingerprint density at radius 3 is 3.09 bits per heavy atom. The average Bonchev–Trinajstić information content (AvgIpc) is 2.39. The molecule has 0 saturated carbocycles. The van der Waals surface area contributed by atoms with Gasteiger partial charge < -0.3 is 10.8 Å². The second kappa shape index (κ2) is 3.30. The Bertz CT molecular complexity index is 220. The Labute approximate surface area is 64.4 Å². The van der Waals surface area contributed by atoms with Crippen molar-refractivity contribution in [2.24, 2.45) is 10.7 Å². The smallest absolute Gasteiger partial charge is 0.320 e. The molecule has 0 saturated heterocycles. The van der Waals surface area contributed by atoms with Crippen LogP contribution in [0.4, 0.5) is 0 Å². The molecule has 60 valence electrons. The number of rotatable bonds is 3. The molecular formula is C7H10N2O2. The summed E-state index contributed by atoms with van der Waals surface area (Å²) in [5.41, 5.74) is 6.29. The monoisotopic (exact) mass is 154 g/mol. The summed E-state index contributed by atoms with van der Waals surface area (Å²) in [6.45, 7) is 0. The van der Waals surface area contributed by atoms with Crippen LogP contribution >= 0.6 is 0 Å². The fourth-order valence-electron chi connectivity index (χ4n) is 0.887. The van der Waals surface area contributed by atoms with E-state index in [1.807, 2.05) is 0 Å². The van der Waals surface area contributed by atoms with Gasteiger partial charge in [-0.15, -0.1) is 0 Å². The van der Waals surface area contributed by atoms with E-state index < -0.39 is 12.0 Å². The first kappa shape index (κ1) is 7.94. The maximum absolute atomic E-state index is 10.3. The second-order valence-electron chi connectivity index (χ2n) is 2.47. The van der Waals surface area contributed by atoms with E-state index in [2.05, 4.69) is 4.99 Å². The Morgan fingerprint density at radius 1 is 1.91 bits per heavy atom. The molecule has 0 aromatic carbocycles. The Kier molecular flexibility index (Phi) is 2.38. The molecule has 0 aromatic rings. The summed E-state index contributed by atoms with van der Waals surface area (Å²) >= 11 is 0. The SMILES string of the molecule is NC(CC1=CN=CC1)C(=O)O. The van der Waals surface area contributed by atoms with E-state index in [4.69, 9.17) is 10.8 Å². The summed E-state index contributed by atoms with van der Waals surface area (Å²) in [4.78, 5) is 14.1. The molecule has 4 nitrogen and oxygen atoms in total. The Balaban J connectivity index is 2.37. The summed E-state index contributed by atoms with van der Waals surface area (Å²) in [6.07, 6.45) is 4.54. The second-order valence-corrected chi connectivity index (χ2v) is 2.47. The van der Waals surface area contributed by atoms with Gasteiger partial charge in [-0.3, -0.25) is 9.79 Å². The summed E-state index contributed by atoms with van der Waals surface area (Å²) in [5.74, 6) is -0.960. The van der Waals surface area contributed by atoms with E-state index in [1.165, 1.54) is 0 Å². The van der Waals surface area contributed by atoms with Gasteiger partial charge in [-0.2, -0.15) is 0 Å². The van der Waals surface area contributed by atoms with Crippen molar-refractivity contribution < 1.29 is 9.90 Å². The van der Waals surface area contributed by atoms with Crippen LogP contribution in [-0.4, -0.2) is 23.3 Å². The van der Waals surface area contributed by atoms with Gasteiger partial charge in [0.15, 0.2) is 0 Å². The topological polar surface area (TPSA) is 75.7 Å². The van der Waals surface area contributed by atoms with Crippen LogP contribution in [0.1, 0.15) is 12.8 Å². The molecule has 0 fully saturated rings. The minimum atomic E-state index is -0.960. The molecule has 1 unspecified atom stereocenters. The number of hydrogen-bond donors (Lipinski definition) is 2. The van der Waals surface area contributed by atoms with Crippen LogP contribution in [0.25, 0.3) is 0 Å². The van der Waals surface area contributed by atoms with Crippen LogP contribution in [0.2, 0.25) is 0 Å². The summed E-state index contributed by atoms with van der Waals surface area (Å²) < 4.78 is 0. The fourth-order valence-corrected chi connectivity index (χ4v) is 0.887. The van der Waals surface area contributed by atoms with Crippen molar-refractivity contribution in [2.75, 3.05) is 0 Å². The van der Waals surface area contributed by atoms with Crippen LogP contribution in [0.15, 0.2) is 16.8 Å². The predicted octanol–water partition coefficient (Wildman–Crippen LogP) is 0.147. The quantitative estimate of drug-likeness (QED) is 0.607. The van der Waals surface area contributed by atoms with Crippen molar-refractivity contribution in [2.45, 2.75) is 18.9 Å². The summed E-state index contributed by atoms with van der Waals surface area (Å²) in [5, 5.41) is 8.45. The van der Waals surface area contributed by atoms with Crippen LogP contribution < -0.4 is 5.73 Å². The number of nitrogens with two attached hydrogens (primary N) is 1. The third-order valence-electron chi connectivity index (χ3n) is 1.52. The maximum atomic E-state index is 10.3.